The van der Waals surface area contributed by atoms with Gasteiger partial charge in [0.2, 0.25) is 0 Å². The molecule has 0 amide bonds. The summed E-state index contributed by atoms with van der Waals surface area (Å²) in [6, 6.07) is 9.48. The van der Waals surface area contributed by atoms with Gasteiger partial charge in [-0.05, 0) is 42.0 Å². The Balaban J connectivity index is 1.91. The van der Waals surface area contributed by atoms with Crippen LogP contribution in [0.3, 0.4) is 0 Å². The number of imidazole rings is 1. The van der Waals surface area contributed by atoms with Crippen LogP contribution in [0, 0.1) is 11.6 Å². The van der Waals surface area contributed by atoms with Gasteiger partial charge in [-0.3, -0.25) is 0 Å². The van der Waals surface area contributed by atoms with E-state index >= 15 is 0 Å². The van der Waals surface area contributed by atoms with Crippen molar-refractivity contribution in [2.24, 2.45) is 0 Å². The standard InChI is InChI=1S/C15H9BrF2N2/c16-10-3-5-13-14(8-10)20-15(19-13)6-2-9-1-4-11(17)12(18)7-9/h1-8H,(H,19,20)/b6-2+. The first-order valence-corrected chi connectivity index (χ1v) is 6.69. The number of benzene rings is 2. The van der Waals surface area contributed by atoms with Gasteiger partial charge < -0.3 is 4.98 Å². The lowest BCUT2D eigenvalue weighted by atomic mass is 10.2. The Bertz CT molecular complexity index is 809. The van der Waals surface area contributed by atoms with Gasteiger partial charge in [0.05, 0.1) is 11.0 Å². The molecule has 0 saturated heterocycles. The van der Waals surface area contributed by atoms with Crippen molar-refractivity contribution in [1.29, 1.82) is 0 Å². The van der Waals surface area contributed by atoms with Crippen molar-refractivity contribution in [3.05, 3.63) is 63.9 Å². The topological polar surface area (TPSA) is 28.7 Å². The molecule has 2 aromatic carbocycles. The summed E-state index contributed by atoms with van der Waals surface area (Å²) in [7, 11) is 0. The van der Waals surface area contributed by atoms with Crippen molar-refractivity contribution in [2.45, 2.75) is 0 Å². The van der Waals surface area contributed by atoms with Crippen LogP contribution in [0.5, 0.6) is 0 Å². The Hall–Kier alpha value is -2.01. The van der Waals surface area contributed by atoms with E-state index in [9.17, 15) is 8.78 Å². The molecule has 5 heteroatoms. The molecular weight excluding hydrogens is 326 g/mol. The second-order valence-electron chi connectivity index (χ2n) is 4.29. The second-order valence-corrected chi connectivity index (χ2v) is 5.21. The van der Waals surface area contributed by atoms with Crippen LogP contribution >= 0.6 is 15.9 Å². The fourth-order valence-corrected chi connectivity index (χ4v) is 2.23. The van der Waals surface area contributed by atoms with E-state index in [-0.39, 0.29) is 0 Å². The molecule has 2 nitrogen and oxygen atoms in total. The number of nitrogens with one attached hydrogen (secondary N) is 1. The van der Waals surface area contributed by atoms with Crippen molar-refractivity contribution in [3.63, 3.8) is 0 Å². The van der Waals surface area contributed by atoms with Gasteiger partial charge in [0, 0.05) is 4.47 Å². The summed E-state index contributed by atoms with van der Waals surface area (Å²) in [5.74, 6) is -1.06. The van der Waals surface area contributed by atoms with Gasteiger partial charge in [-0.1, -0.05) is 28.1 Å². The number of hydrogen-bond donors (Lipinski definition) is 1. The quantitative estimate of drug-likeness (QED) is 0.718. The lowest BCUT2D eigenvalue weighted by Crippen LogP contribution is -1.83. The van der Waals surface area contributed by atoms with Crippen LogP contribution in [0.25, 0.3) is 23.2 Å². The van der Waals surface area contributed by atoms with Crippen LogP contribution in [0.4, 0.5) is 8.78 Å². The maximum absolute atomic E-state index is 13.1. The van der Waals surface area contributed by atoms with Crippen LogP contribution in [-0.4, -0.2) is 9.97 Å². The van der Waals surface area contributed by atoms with Gasteiger partial charge in [-0.2, -0.15) is 0 Å². The average molecular weight is 335 g/mol. The van der Waals surface area contributed by atoms with E-state index in [0.29, 0.717) is 11.4 Å². The van der Waals surface area contributed by atoms with Gasteiger partial charge in [0.15, 0.2) is 11.6 Å². The van der Waals surface area contributed by atoms with Gasteiger partial charge in [-0.15, -0.1) is 0 Å². The molecule has 0 radical (unpaired) electrons. The monoisotopic (exact) mass is 334 g/mol. The van der Waals surface area contributed by atoms with Gasteiger partial charge in [0.25, 0.3) is 0 Å². The van der Waals surface area contributed by atoms with Crippen molar-refractivity contribution >= 4 is 39.1 Å². The molecule has 1 aromatic heterocycles. The Morgan fingerprint density at radius 1 is 1.00 bits per heavy atom. The normalized spacial score (nSPS) is 11.6. The smallest absolute Gasteiger partial charge is 0.159 e. The molecule has 3 rings (SSSR count). The molecule has 100 valence electrons. The number of rotatable bonds is 2. The fourth-order valence-electron chi connectivity index (χ4n) is 1.87. The number of hydrogen-bond acceptors (Lipinski definition) is 1. The molecule has 0 unspecified atom stereocenters. The Labute approximate surface area is 122 Å². The molecule has 0 aliphatic heterocycles. The van der Waals surface area contributed by atoms with E-state index in [1.165, 1.54) is 6.07 Å². The van der Waals surface area contributed by atoms with Gasteiger partial charge in [-0.25, -0.2) is 13.8 Å². The number of aromatic nitrogens is 2. The fraction of sp³-hybridized carbons (Fsp3) is 0. The van der Waals surface area contributed by atoms with Crippen molar-refractivity contribution in [2.75, 3.05) is 0 Å². The third-order valence-electron chi connectivity index (χ3n) is 2.84. The highest BCUT2D eigenvalue weighted by Crippen LogP contribution is 2.19. The molecule has 0 saturated carbocycles. The molecule has 1 N–H and O–H groups in total. The zero-order chi connectivity index (χ0) is 14.1. The third kappa shape index (κ3) is 2.63. The van der Waals surface area contributed by atoms with Crippen LogP contribution in [-0.2, 0) is 0 Å². The Morgan fingerprint density at radius 3 is 2.65 bits per heavy atom. The molecule has 0 bridgehead atoms. The SMILES string of the molecule is Fc1ccc(/C=C/c2nc3ccc(Br)cc3[nH]2)cc1F. The van der Waals surface area contributed by atoms with E-state index < -0.39 is 11.6 Å². The van der Waals surface area contributed by atoms with Crippen LogP contribution in [0.2, 0.25) is 0 Å². The molecular formula is C15H9BrF2N2. The van der Waals surface area contributed by atoms with E-state index in [4.69, 9.17) is 0 Å². The van der Waals surface area contributed by atoms with E-state index in [1.54, 1.807) is 12.2 Å². The maximum atomic E-state index is 13.1. The number of halogens is 3. The molecule has 3 aromatic rings. The highest BCUT2D eigenvalue weighted by Gasteiger charge is 2.02. The minimum atomic E-state index is -0.860. The lowest BCUT2D eigenvalue weighted by Gasteiger charge is -1.94. The molecule has 0 aliphatic carbocycles. The Kier molecular flexibility index (Phi) is 3.36. The number of nitrogens with zero attached hydrogens (tertiary/aromatic N) is 1. The predicted octanol–water partition coefficient (Wildman–Crippen LogP) is 4.77. The summed E-state index contributed by atoms with van der Waals surface area (Å²) in [4.78, 5) is 7.51. The zero-order valence-corrected chi connectivity index (χ0v) is 11.8. The lowest BCUT2D eigenvalue weighted by molar-refractivity contribution is 0.508. The number of fused-ring (bicyclic) bond motifs is 1. The van der Waals surface area contributed by atoms with Crippen LogP contribution < -0.4 is 0 Å². The average Bonchev–Trinajstić information content (AvgIpc) is 2.82. The number of aromatic amines is 1. The van der Waals surface area contributed by atoms with Crippen molar-refractivity contribution < 1.29 is 8.78 Å². The van der Waals surface area contributed by atoms with Gasteiger partial charge >= 0.3 is 0 Å². The Morgan fingerprint density at radius 2 is 1.85 bits per heavy atom. The summed E-state index contributed by atoms with van der Waals surface area (Å²) in [5, 5.41) is 0. The van der Waals surface area contributed by atoms with Gasteiger partial charge in [0.1, 0.15) is 5.82 Å². The largest absolute Gasteiger partial charge is 0.338 e. The minimum absolute atomic E-state index is 0.575. The first-order chi connectivity index (χ1) is 9.61. The molecule has 20 heavy (non-hydrogen) atoms. The summed E-state index contributed by atoms with van der Waals surface area (Å²) in [6.45, 7) is 0. The molecule has 0 atom stereocenters. The highest BCUT2D eigenvalue weighted by molar-refractivity contribution is 9.10. The van der Waals surface area contributed by atoms with Crippen LogP contribution in [0.15, 0.2) is 40.9 Å². The first-order valence-electron chi connectivity index (χ1n) is 5.90. The highest BCUT2D eigenvalue weighted by atomic mass is 79.9. The minimum Gasteiger partial charge on any atom is -0.338 e. The summed E-state index contributed by atoms with van der Waals surface area (Å²) in [6.07, 6.45) is 3.40. The molecule has 0 fully saturated rings. The predicted molar refractivity (Wildman–Crippen MR) is 79.1 cm³/mol. The van der Waals surface area contributed by atoms with Crippen molar-refractivity contribution in [1.82, 2.24) is 9.97 Å². The maximum Gasteiger partial charge on any atom is 0.159 e. The zero-order valence-electron chi connectivity index (χ0n) is 10.2. The third-order valence-corrected chi connectivity index (χ3v) is 3.33. The first kappa shape index (κ1) is 13.0. The molecule has 1 heterocycles. The second kappa shape index (κ2) is 5.17. The summed E-state index contributed by atoms with van der Waals surface area (Å²) in [5.41, 5.74) is 2.33. The van der Waals surface area contributed by atoms with E-state index in [1.807, 2.05) is 18.2 Å². The van der Waals surface area contributed by atoms with Crippen molar-refractivity contribution in [3.8, 4) is 0 Å². The molecule has 0 spiro atoms. The summed E-state index contributed by atoms with van der Waals surface area (Å²) >= 11 is 3.39. The molecule has 0 aliphatic rings. The number of H-pyrrole nitrogens is 1. The van der Waals surface area contributed by atoms with E-state index in [2.05, 4.69) is 25.9 Å². The summed E-state index contributed by atoms with van der Waals surface area (Å²) < 4.78 is 26.9. The van der Waals surface area contributed by atoms with E-state index in [0.717, 1.165) is 27.6 Å². The van der Waals surface area contributed by atoms with Crippen LogP contribution in [0.1, 0.15) is 11.4 Å².